The molecule has 22 heavy (non-hydrogen) atoms. The van der Waals surface area contributed by atoms with Crippen molar-refractivity contribution in [1.82, 2.24) is 9.88 Å². The number of anilines is 1. The number of pyridine rings is 1. The standard InChI is InChI=1S/C15H23N3O2.C2H6/c1-10-5-6-14(16-7-10)17-8-11(2)18(12(3)9-17)15(20)13(4)19;1-2/h5-7,11-13,19H,8-9H2,1-4H3;1-2H3/t11-,12+,13?;. The highest BCUT2D eigenvalue weighted by molar-refractivity contribution is 5.81. The third-order valence-electron chi connectivity index (χ3n) is 3.75. The SMILES string of the molecule is CC.Cc1ccc(N2C[C@@H](C)N(C(=O)C(C)O)[C@@H](C)C2)nc1. The first-order chi connectivity index (χ1) is 10.4. The van der Waals surface area contributed by atoms with E-state index in [1.54, 1.807) is 4.90 Å². The first kappa shape index (κ1) is 18.4. The van der Waals surface area contributed by atoms with Gasteiger partial charge in [0.15, 0.2) is 0 Å². The fourth-order valence-electron chi connectivity index (χ4n) is 2.81. The Morgan fingerprint density at radius 3 is 2.23 bits per heavy atom. The lowest BCUT2D eigenvalue weighted by molar-refractivity contribution is -0.144. The first-order valence-corrected chi connectivity index (χ1v) is 8.08. The summed E-state index contributed by atoms with van der Waals surface area (Å²) in [7, 11) is 0. The Morgan fingerprint density at radius 2 is 1.82 bits per heavy atom. The minimum absolute atomic E-state index is 0.0592. The predicted octanol–water partition coefficient (Wildman–Crippen LogP) is 2.22. The molecule has 0 aliphatic carbocycles. The van der Waals surface area contributed by atoms with Gasteiger partial charge in [0.1, 0.15) is 11.9 Å². The first-order valence-electron chi connectivity index (χ1n) is 8.08. The lowest BCUT2D eigenvalue weighted by atomic mass is 10.1. The van der Waals surface area contributed by atoms with Crippen LogP contribution in [0.1, 0.15) is 40.2 Å². The Hall–Kier alpha value is -1.62. The summed E-state index contributed by atoms with van der Waals surface area (Å²) in [6, 6.07) is 4.18. The fourth-order valence-corrected chi connectivity index (χ4v) is 2.81. The smallest absolute Gasteiger partial charge is 0.251 e. The number of aliphatic hydroxyl groups excluding tert-OH is 1. The van der Waals surface area contributed by atoms with Crippen LogP contribution in [0.4, 0.5) is 5.82 Å². The van der Waals surface area contributed by atoms with Gasteiger partial charge in [0, 0.05) is 31.4 Å². The molecule has 0 saturated carbocycles. The minimum Gasteiger partial charge on any atom is -0.384 e. The van der Waals surface area contributed by atoms with Crippen LogP contribution >= 0.6 is 0 Å². The Morgan fingerprint density at radius 1 is 1.27 bits per heavy atom. The van der Waals surface area contributed by atoms with Crippen molar-refractivity contribution in [1.29, 1.82) is 0 Å². The molecule has 1 aliphatic rings. The maximum atomic E-state index is 12.0. The highest BCUT2D eigenvalue weighted by Crippen LogP contribution is 2.21. The van der Waals surface area contributed by atoms with Crippen molar-refractivity contribution >= 4 is 11.7 Å². The van der Waals surface area contributed by atoms with Crippen LogP contribution in [-0.2, 0) is 4.79 Å². The molecule has 1 aromatic rings. The highest BCUT2D eigenvalue weighted by atomic mass is 16.3. The molecule has 5 heteroatoms. The van der Waals surface area contributed by atoms with Crippen LogP contribution in [0.25, 0.3) is 0 Å². The molecule has 0 radical (unpaired) electrons. The second-order valence-electron chi connectivity index (χ2n) is 5.72. The van der Waals surface area contributed by atoms with Gasteiger partial charge in [0.2, 0.25) is 0 Å². The van der Waals surface area contributed by atoms with Crippen LogP contribution in [-0.4, -0.2) is 52.2 Å². The van der Waals surface area contributed by atoms with Gasteiger partial charge in [-0.25, -0.2) is 4.98 Å². The maximum absolute atomic E-state index is 12.0. The van der Waals surface area contributed by atoms with Gasteiger partial charge in [-0.1, -0.05) is 19.9 Å². The molecular weight excluding hydrogens is 278 g/mol. The summed E-state index contributed by atoms with van der Waals surface area (Å²) in [6.07, 6.45) is 0.918. The summed E-state index contributed by atoms with van der Waals surface area (Å²) in [5.74, 6) is 0.750. The number of hydrogen-bond acceptors (Lipinski definition) is 4. The monoisotopic (exact) mass is 307 g/mol. The molecule has 3 atom stereocenters. The van der Waals surface area contributed by atoms with Gasteiger partial charge in [-0.05, 0) is 39.3 Å². The normalized spacial score (nSPS) is 22.7. The third-order valence-corrected chi connectivity index (χ3v) is 3.75. The van der Waals surface area contributed by atoms with Crippen LogP contribution in [0, 0.1) is 6.92 Å². The van der Waals surface area contributed by atoms with Gasteiger partial charge < -0.3 is 14.9 Å². The van der Waals surface area contributed by atoms with E-state index in [0.717, 1.165) is 24.5 Å². The van der Waals surface area contributed by atoms with Crippen molar-refractivity contribution in [3.63, 3.8) is 0 Å². The number of aliphatic hydroxyl groups is 1. The Labute approximate surface area is 134 Å². The molecule has 2 rings (SSSR count). The molecule has 1 amide bonds. The molecule has 1 N–H and O–H groups in total. The minimum atomic E-state index is -0.941. The number of hydrogen-bond donors (Lipinski definition) is 1. The van der Waals surface area contributed by atoms with E-state index in [1.807, 2.05) is 52.9 Å². The van der Waals surface area contributed by atoms with Gasteiger partial charge in [0.05, 0.1) is 0 Å². The number of carbonyl (C=O) groups excluding carboxylic acids is 1. The van der Waals surface area contributed by atoms with E-state index >= 15 is 0 Å². The summed E-state index contributed by atoms with van der Waals surface area (Å²) in [6.45, 7) is 13.0. The van der Waals surface area contributed by atoms with Crippen molar-refractivity contribution in [2.75, 3.05) is 18.0 Å². The van der Waals surface area contributed by atoms with Crippen LogP contribution in [0.15, 0.2) is 18.3 Å². The highest BCUT2D eigenvalue weighted by Gasteiger charge is 2.34. The number of carbonyl (C=O) groups is 1. The molecule has 0 bridgehead atoms. The molecule has 0 aromatic carbocycles. The van der Waals surface area contributed by atoms with Gasteiger partial charge in [-0.2, -0.15) is 0 Å². The quantitative estimate of drug-likeness (QED) is 0.910. The third kappa shape index (κ3) is 4.19. The van der Waals surface area contributed by atoms with Crippen LogP contribution in [0.3, 0.4) is 0 Å². The van der Waals surface area contributed by atoms with E-state index in [2.05, 4.69) is 9.88 Å². The maximum Gasteiger partial charge on any atom is 0.251 e. The van der Waals surface area contributed by atoms with Gasteiger partial charge in [-0.3, -0.25) is 4.79 Å². The second kappa shape index (κ2) is 8.13. The van der Waals surface area contributed by atoms with Crippen molar-refractivity contribution in [3.8, 4) is 0 Å². The molecule has 1 aliphatic heterocycles. The number of rotatable bonds is 2. The number of aryl methyl sites for hydroxylation is 1. The van der Waals surface area contributed by atoms with Crippen molar-refractivity contribution < 1.29 is 9.90 Å². The number of amides is 1. The van der Waals surface area contributed by atoms with Gasteiger partial charge in [-0.15, -0.1) is 0 Å². The lowest BCUT2D eigenvalue weighted by Crippen LogP contribution is -2.60. The Kier molecular flexibility index (Phi) is 6.81. The van der Waals surface area contributed by atoms with Crippen LogP contribution < -0.4 is 4.90 Å². The Bertz CT molecular complexity index is 461. The largest absolute Gasteiger partial charge is 0.384 e. The molecule has 2 heterocycles. The molecule has 1 unspecified atom stereocenters. The van der Waals surface area contributed by atoms with E-state index in [9.17, 15) is 9.90 Å². The van der Waals surface area contributed by atoms with Crippen LogP contribution in [0.2, 0.25) is 0 Å². The number of aromatic nitrogens is 1. The molecule has 1 saturated heterocycles. The lowest BCUT2D eigenvalue weighted by Gasteiger charge is -2.45. The summed E-state index contributed by atoms with van der Waals surface area (Å²) in [5.41, 5.74) is 1.14. The van der Waals surface area contributed by atoms with Crippen LogP contribution in [0.5, 0.6) is 0 Å². The van der Waals surface area contributed by atoms with E-state index in [4.69, 9.17) is 0 Å². The summed E-state index contributed by atoms with van der Waals surface area (Å²) < 4.78 is 0. The van der Waals surface area contributed by atoms with Crippen molar-refractivity contribution in [2.24, 2.45) is 0 Å². The summed E-state index contributed by atoms with van der Waals surface area (Å²) >= 11 is 0. The topological polar surface area (TPSA) is 56.7 Å². The van der Waals surface area contributed by atoms with E-state index in [1.165, 1.54) is 6.92 Å². The zero-order chi connectivity index (χ0) is 16.9. The molecule has 5 nitrogen and oxygen atoms in total. The molecule has 1 aromatic heterocycles. The molecule has 0 spiro atoms. The van der Waals surface area contributed by atoms with Gasteiger partial charge in [0.25, 0.3) is 5.91 Å². The second-order valence-corrected chi connectivity index (χ2v) is 5.72. The zero-order valence-electron chi connectivity index (χ0n) is 14.6. The average molecular weight is 307 g/mol. The van der Waals surface area contributed by atoms with Crippen molar-refractivity contribution in [3.05, 3.63) is 23.9 Å². The molecular formula is C17H29N3O2. The molecule has 1 fully saturated rings. The average Bonchev–Trinajstić information content (AvgIpc) is 2.49. The summed E-state index contributed by atoms with van der Waals surface area (Å²) in [4.78, 5) is 20.5. The molecule has 124 valence electrons. The number of nitrogens with zero attached hydrogens (tertiary/aromatic N) is 3. The zero-order valence-corrected chi connectivity index (χ0v) is 14.6. The van der Waals surface area contributed by atoms with E-state index in [-0.39, 0.29) is 18.0 Å². The number of piperazine rings is 1. The van der Waals surface area contributed by atoms with E-state index in [0.29, 0.717) is 0 Å². The fraction of sp³-hybridized carbons (Fsp3) is 0.647. The van der Waals surface area contributed by atoms with Crippen molar-refractivity contribution in [2.45, 2.75) is 59.7 Å². The Balaban J connectivity index is 0.00000116. The summed E-state index contributed by atoms with van der Waals surface area (Å²) in [5, 5.41) is 9.50. The predicted molar refractivity (Wildman–Crippen MR) is 90.0 cm³/mol. The van der Waals surface area contributed by atoms with E-state index < -0.39 is 6.10 Å². The van der Waals surface area contributed by atoms with Gasteiger partial charge >= 0.3 is 0 Å².